The summed E-state index contributed by atoms with van der Waals surface area (Å²) in [6.45, 7) is -0.00707. The maximum absolute atomic E-state index is 12.4. The highest BCUT2D eigenvalue weighted by atomic mass is 16.5. The lowest BCUT2D eigenvalue weighted by atomic mass is 10.0. The van der Waals surface area contributed by atoms with E-state index in [9.17, 15) is 19.2 Å². The van der Waals surface area contributed by atoms with Gasteiger partial charge in [0, 0.05) is 18.5 Å². The Morgan fingerprint density at radius 3 is 2.83 bits per heavy atom. The van der Waals surface area contributed by atoms with E-state index in [1.807, 2.05) is 0 Å². The Hall–Kier alpha value is -2.74. The molecule has 8 nitrogen and oxygen atoms in total. The number of carbonyl (C=O) groups excluding carboxylic acids is 4. The SMILES string of the molecule is NCC(=O)Oc1ccc2c(c1)CN(C1CCC(=O)NC1=O)C2=O. The molecular formula is C15H15N3O5. The molecule has 3 amide bonds. The molecule has 0 spiro atoms. The predicted molar refractivity (Wildman–Crippen MR) is 77.2 cm³/mol. The fraction of sp³-hybridized carbons (Fsp3) is 0.333. The van der Waals surface area contributed by atoms with E-state index in [0.717, 1.165) is 0 Å². The van der Waals surface area contributed by atoms with Gasteiger partial charge in [-0.3, -0.25) is 24.5 Å². The summed E-state index contributed by atoms with van der Waals surface area (Å²) in [6.07, 6.45) is 0.509. The van der Waals surface area contributed by atoms with Crippen molar-refractivity contribution >= 4 is 23.7 Å². The van der Waals surface area contributed by atoms with Crippen molar-refractivity contribution in [3.05, 3.63) is 29.3 Å². The third-order valence-electron chi connectivity index (χ3n) is 3.89. The van der Waals surface area contributed by atoms with Crippen molar-refractivity contribution in [1.29, 1.82) is 0 Å². The Labute approximate surface area is 131 Å². The summed E-state index contributed by atoms with van der Waals surface area (Å²) < 4.78 is 5.02. The minimum absolute atomic E-state index is 0.204. The van der Waals surface area contributed by atoms with Crippen molar-refractivity contribution in [3.63, 3.8) is 0 Å². The van der Waals surface area contributed by atoms with E-state index in [0.29, 0.717) is 23.3 Å². The molecule has 0 aromatic heterocycles. The minimum Gasteiger partial charge on any atom is -0.426 e. The lowest BCUT2D eigenvalue weighted by Gasteiger charge is -2.29. The van der Waals surface area contributed by atoms with E-state index in [-0.39, 0.29) is 31.3 Å². The molecule has 120 valence electrons. The second kappa shape index (κ2) is 5.81. The summed E-state index contributed by atoms with van der Waals surface area (Å²) in [4.78, 5) is 48.2. The summed E-state index contributed by atoms with van der Waals surface area (Å²) in [5, 5.41) is 2.24. The van der Waals surface area contributed by atoms with Gasteiger partial charge >= 0.3 is 5.97 Å². The van der Waals surface area contributed by atoms with E-state index in [4.69, 9.17) is 10.5 Å². The maximum atomic E-state index is 12.4. The zero-order valence-electron chi connectivity index (χ0n) is 12.2. The Morgan fingerprint density at radius 1 is 1.35 bits per heavy atom. The van der Waals surface area contributed by atoms with Crippen molar-refractivity contribution in [2.24, 2.45) is 5.73 Å². The fourth-order valence-corrected chi connectivity index (χ4v) is 2.79. The average molecular weight is 317 g/mol. The highest BCUT2D eigenvalue weighted by Crippen LogP contribution is 2.30. The molecule has 1 saturated heterocycles. The number of benzene rings is 1. The number of ether oxygens (including phenoxy) is 1. The van der Waals surface area contributed by atoms with Gasteiger partial charge in [0.15, 0.2) is 0 Å². The third kappa shape index (κ3) is 2.80. The quantitative estimate of drug-likeness (QED) is 0.433. The van der Waals surface area contributed by atoms with E-state index < -0.39 is 17.9 Å². The van der Waals surface area contributed by atoms with Gasteiger partial charge in [-0.25, -0.2) is 0 Å². The van der Waals surface area contributed by atoms with E-state index >= 15 is 0 Å². The first kappa shape index (κ1) is 15.2. The van der Waals surface area contributed by atoms with Gasteiger partial charge in [0.1, 0.15) is 11.8 Å². The number of hydrogen-bond acceptors (Lipinski definition) is 6. The second-order valence-electron chi connectivity index (χ2n) is 5.40. The summed E-state index contributed by atoms with van der Waals surface area (Å²) >= 11 is 0. The first-order valence-electron chi connectivity index (χ1n) is 7.18. The van der Waals surface area contributed by atoms with Crippen LogP contribution in [0.25, 0.3) is 0 Å². The van der Waals surface area contributed by atoms with Crippen LogP contribution < -0.4 is 15.8 Å². The molecule has 23 heavy (non-hydrogen) atoms. The highest BCUT2D eigenvalue weighted by molar-refractivity contribution is 6.05. The van der Waals surface area contributed by atoms with E-state index in [1.165, 1.54) is 11.0 Å². The maximum Gasteiger partial charge on any atom is 0.325 e. The zero-order valence-corrected chi connectivity index (χ0v) is 12.2. The highest BCUT2D eigenvalue weighted by Gasteiger charge is 2.39. The molecule has 2 aliphatic heterocycles. The molecule has 3 rings (SSSR count). The van der Waals surface area contributed by atoms with Crippen molar-refractivity contribution in [2.75, 3.05) is 6.54 Å². The van der Waals surface area contributed by atoms with Crippen LogP contribution in [0.2, 0.25) is 0 Å². The smallest absolute Gasteiger partial charge is 0.325 e. The van der Waals surface area contributed by atoms with Crippen molar-refractivity contribution < 1.29 is 23.9 Å². The molecule has 3 N–H and O–H groups in total. The first-order chi connectivity index (χ1) is 11.0. The van der Waals surface area contributed by atoms with Crippen LogP contribution in [0.4, 0.5) is 0 Å². The number of nitrogens with two attached hydrogens (primary N) is 1. The number of fused-ring (bicyclic) bond motifs is 1. The summed E-state index contributed by atoms with van der Waals surface area (Å²) in [6, 6.07) is 4.00. The van der Waals surface area contributed by atoms with Gasteiger partial charge in [0.25, 0.3) is 5.91 Å². The van der Waals surface area contributed by atoms with Gasteiger partial charge < -0.3 is 15.4 Å². The Kier molecular flexibility index (Phi) is 3.83. The third-order valence-corrected chi connectivity index (χ3v) is 3.89. The van der Waals surface area contributed by atoms with Crippen molar-refractivity contribution in [3.8, 4) is 5.75 Å². The molecule has 2 heterocycles. The molecule has 1 fully saturated rings. The van der Waals surface area contributed by atoms with Gasteiger partial charge in [-0.2, -0.15) is 0 Å². The van der Waals surface area contributed by atoms with E-state index in [1.54, 1.807) is 12.1 Å². The molecular weight excluding hydrogens is 302 g/mol. The van der Waals surface area contributed by atoms with Crippen LogP contribution in [-0.4, -0.2) is 41.2 Å². The number of piperidine rings is 1. The van der Waals surface area contributed by atoms with Crippen LogP contribution in [-0.2, 0) is 20.9 Å². The number of imide groups is 1. The molecule has 0 saturated carbocycles. The predicted octanol–water partition coefficient (Wildman–Crippen LogP) is -0.688. The monoisotopic (exact) mass is 317 g/mol. The molecule has 1 aromatic carbocycles. The number of esters is 1. The largest absolute Gasteiger partial charge is 0.426 e. The number of nitrogens with one attached hydrogen (secondary N) is 1. The van der Waals surface area contributed by atoms with E-state index in [2.05, 4.69) is 5.32 Å². The average Bonchev–Trinajstić information content (AvgIpc) is 2.83. The minimum atomic E-state index is -0.664. The van der Waals surface area contributed by atoms with Crippen LogP contribution in [0.15, 0.2) is 18.2 Å². The van der Waals surface area contributed by atoms with Crippen LogP contribution in [0.3, 0.4) is 0 Å². The molecule has 1 atom stereocenters. The number of rotatable bonds is 3. The second-order valence-corrected chi connectivity index (χ2v) is 5.40. The summed E-state index contributed by atoms with van der Waals surface area (Å²) in [5.74, 6) is -1.33. The van der Waals surface area contributed by atoms with Crippen molar-refractivity contribution in [2.45, 2.75) is 25.4 Å². The molecule has 2 aliphatic rings. The van der Waals surface area contributed by atoms with Gasteiger partial charge in [-0.15, -0.1) is 0 Å². The summed E-state index contributed by atoms with van der Waals surface area (Å²) in [5.41, 5.74) is 6.32. The van der Waals surface area contributed by atoms with Crippen LogP contribution in [0.5, 0.6) is 5.75 Å². The Morgan fingerprint density at radius 2 is 2.13 bits per heavy atom. The molecule has 1 aromatic rings. The molecule has 1 unspecified atom stereocenters. The number of amides is 3. The lowest BCUT2D eigenvalue weighted by Crippen LogP contribution is -2.52. The van der Waals surface area contributed by atoms with Gasteiger partial charge in [-0.05, 0) is 30.2 Å². The normalized spacial score (nSPS) is 20.3. The Balaban J connectivity index is 1.80. The molecule has 0 bridgehead atoms. The lowest BCUT2D eigenvalue weighted by molar-refractivity contribution is -0.137. The van der Waals surface area contributed by atoms with Crippen molar-refractivity contribution in [1.82, 2.24) is 10.2 Å². The van der Waals surface area contributed by atoms with Crippen LogP contribution >= 0.6 is 0 Å². The van der Waals surface area contributed by atoms with Gasteiger partial charge in [0.05, 0.1) is 6.54 Å². The molecule has 0 aliphatic carbocycles. The Bertz CT molecular complexity index is 715. The first-order valence-corrected chi connectivity index (χ1v) is 7.18. The number of hydrogen-bond donors (Lipinski definition) is 2. The molecule has 0 radical (unpaired) electrons. The van der Waals surface area contributed by atoms with Gasteiger partial charge in [-0.1, -0.05) is 0 Å². The molecule has 8 heteroatoms. The fourth-order valence-electron chi connectivity index (χ4n) is 2.79. The topological polar surface area (TPSA) is 119 Å². The number of nitrogens with zero attached hydrogens (tertiary/aromatic N) is 1. The standard InChI is InChI=1S/C15H15N3O5/c16-6-13(20)23-9-1-2-10-8(5-9)7-18(15(10)22)11-3-4-12(19)17-14(11)21/h1-2,5,11H,3-4,6-7,16H2,(H,17,19,21). The number of carbonyl (C=O) groups is 4. The van der Waals surface area contributed by atoms with Crippen LogP contribution in [0, 0.1) is 0 Å². The van der Waals surface area contributed by atoms with Crippen LogP contribution in [0.1, 0.15) is 28.8 Å². The zero-order chi connectivity index (χ0) is 16.6. The summed E-state index contributed by atoms with van der Waals surface area (Å²) in [7, 11) is 0. The van der Waals surface area contributed by atoms with Gasteiger partial charge in [0.2, 0.25) is 11.8 Å².